The summed E-state index contributed by atoms with van der Waals surface area (Å²) in [5, 5.41) is 5.99. The lowest BCUT2D eigenvalue weighted by atomic mass is 9.95. The highest BCUT2D eigenvalue weighted by molar-refractivity contribution is 7.13. The first-order chi connectivity index (χ1) is 13.7. The number of rotatable bonds is 6. The molecular weight excluding hydrogens is 372 g/mol. The summed E-state index contributed by atoms with van der Waals surface area (Å²) in [5.41, 5.74) is 1.32. The molecule has 6 nitrogen and oxygen atoms in total. The number of amides is 1. The first kappa shape index (κ1) is 18.8. The summed E-state index contributed by atoms with van der Waals surface area (Å²) in [6, 6.07) is 14.4. The Hall–Kier alpha value is -2.51. The van der Waals surface area contributed by atoms with Crippen molar-refractivity contribution in [1.29, 1.82) is 0 Å². The number of carbonyl (C=O) groups is 1. The zero-order chi connectivity index (χ0) is 19.3. The van der Waals surface area contributed by atoms with Gasteiger partial charge < -0.3 is 9.42 Å². The van der Waals surface area contributed by atoms with Gasteiger partial charge >= 0.3 is 0 Å². The predicted molar refractivity (Wildman–Crippen MR) is 109 cm³/mol. The zero-order valence-electron chi connectivity index (χ0n) is 16.0. The molecule has 0 aliphatic carbocycles. The maximum Gasteiger partial charge on any atom is 0.246 e. The minimum Gasteiger partial charge on any atom is -0.337 e. The third kappa shape index (κ3) is 4.48. The van der Waals surface area contributed by atoms with Crippen molar-refractivity contribution in [1.82, 2.24) is 19.9 Å². The van der Waals surface area contributed by atoms with Gasteiger partial charge in [0.1, 0.15) is 0 Å². The second kappa shape index (κ2) is 8.67. The van der Waals surface area contributed by atoms with Crippen LogP contribution in [0.15, 0.2) is 52.4 Å². The number of benzene rings is 1. The lowest BCUT2D eigenvalue weighted by Gasteiger charge is -2.32. The van der Waals surface area contributed by atoms with Gasteiger partial charge in [-0.15, -0.1) is 11.3 Å². The van der Waals surface area contributed by atoms with Gasteiger partial charge in [-0.1, -0.05) is 41.6 Å². The zero-order valence-corrected chi connectivity index (χ0v) is 16.8. The second-order valence-electron chi connectivity index (χ2n) is 7.22. The van der Waals surface area contributed by atoms with Gasteiger partial charge in [0, 0.05) is 19.5 Å². The van der Waals surface area contributed by atoms with E-state index in [9.17, 15) is 4.79 Å². The summed E-state index contributed by atoms with van der Waals surface area (Å²) in [6.45, 7) is 3.19. The van der Waals surface area contributed by atoms with Gasteiger partial charge in [0.15, 0.2) is 0 Å². The Morgan fingerprint density at radius 1 is 1.21 bits per heavy atom. The van der Waals surface area contributed by atoms with Crippen molar-refractivity contribution in [2.45, 2.75) is 25.9 Å². The molecular formula is C21H24N4O2S. The summed E-state index contributed by atoms with van der Waals surface area (Å²) in [5.74, 6) is 1.28. The first-order valence-electron chi connectivity index (χ1n) is 9.57. The van der Waals surface area contributed by atoms with E-state index in [0.29, 0.717) is 18.3 Å². The van der Waals surface area contributed by atoms with Gasteiger partial charge in [0.05, 0.1) is 11.4 Å². The number of aromatic nitrogens is 2. The molecule has 4 rings (SSSR count). The molecule has 1 saturated heterocycles. The van der Waals surface area contributed by atoms with Crippen LogP contribution in [-0.2, 0) is 17.9 Å². The van der Waals surface area contributed by atoms with Crippen molar-refractivity contribution in [3.05, 3.63) is 59.3 Å². The Labute approximate surface area is 168 Å². The molecule has 28 heavy (non-hydrogen) atoms. The number of likely N-dealkylation sites (tertiary alicyclic amines) is 1. The number of hydrogen-bond acceptors (Lipinski definition) is 6. The van der Waals surface area contributed by atoms with Crippen LogP contribution >= 0.6 is 11.3 Å². The van der Waals surface area contributed by atoms with Crippen LogP contribution in [0.3, 0.4) is 0 Å². The summed E-state index contributed by atoms with van der Waals surface area (Å²) >= 11 is 1.57. The van der Waals surface area contributed by atoms with E-state index in [1.165, 1.54) is 5.56 Å². The van der Waals surface area contributed by atoms with Gasteiger partial charge in [0.2, 0.25) is 17.6 Å². The average Bonchev–Trinajstić information content (AvgIpc) is 3.40. The fraction of sp³-hybridized carbons (Fsp3) is 0.381. The second-order valence-corrected chi connectivity index (χ2v) is 8.17. The number of thiophene rings is 1. The third-order valence-electron chi connectivity index (χ3n) is 5.14. The van der Waals surface area contributed by atoms with Crippen LogP contribution in [0.5, 0.6) is 0 Å². The highest BCUT2D eigenvalue weighted by Crippen LogP contribution is 2.23. The third-order valence-corrected chi connectivity index (χ3v) is 6.01. The maximum absolute atomic E-state index is 12.8. The molecule has 3 heterocycles. The van der Waals surface area contributed by atoms with E-state index < -0.39 is 0 Å². The van der Waals surface area contributed by atoms with Gasteiger partial charge in [-0.05, 0) is 42.9 Å². The smallest absolute Gasteiger partial charge is 0.246 e. The number of carbonyl (C=O) groups excluding carboxylic acids is 1. The number of piperidine rings is 1. The predicted octanol–water partition coefficient (Wildman–Crippen LogP) is 3.67. The van der Waals surface area contributed by atoms with Crippen LogP contribution in [0, 0.1) is 5.92 Å². The summed E-state index contributed by atoms with van der Waals surface area (Å²) < 4.78 is 5.32. The largest absolute Gasteiger partial charge is 0.337 e. The molecule has 146 valence electrons. The normalized spacial score (nSPS) is 15.6. The number of nitrogens with zero attached hydrogens (tertiary/aromatic N) is 4. The minimum atomic E-state index is 0.0664. The minimum absolute atomic E-state index is 0.0664. The lowest BCUT2D eigenvalue weighted by molar-refractivity contribution is -0.136. The molecule has 1 amide bonds. The molecule has 1 aliphatic rings. The quantitative estimate of drug-likeness (QED) is 0.636. The van der Waals surface area contributed by atoms with Crippen molar-refractivity contribution < 1.29 is 9.32 Å². The molecule has 0 saturated carbocycles. The molecule has 0 spiro atoms. The van der Waals surface area contributed by atoms with Gasteiger partial charge in [0.25, 0.3) is 0 Å². The highest BCUT2D eigenvalue weighted by atomic mass is 32.1. The SMILES string of the molecule is CN(Cc1nc(-c2cccs2)no1)C(=O)C1CCN(Cc2ccccc2)CC1. The van der Waals surface area contributed by atoms with Crippen LogP contribution in [-0.4, -0.2) is 46.0 Å². The van der Waals surface area contributed by atoms with Crippen LogP contribution in [0.2, 0.25) is 0 Å². The molecule has 1 aromatic carbocycles. The molecule has 1 fully saturated rings. The Morgan fingerprint density at radius 2 is 2.00 bits per heavy atom. The van der Waals surface area contributed by atoms with E-state index in [1.54, 1.807) is 16.2 Å². The van der Waals surface area contributed by atoms with Crippen molar-refractivity contribution in [2.24, 2.45) is 5.92 Å². The fourth-order valence-corrected chi connectivity index (χ4v) is 4.25. The maximum atomic E-state index is 12.8. The number of hydrogen-bond donors (Lipinski definition) is 0. The Bertz CT molecular complexity index is 886. The van der Waals surface area contributed by atoms with Crippen LogP contribution in [0.4, 0.5) is 0 Å². The summed E-state index contributed by atoms with van der Waals surface area (Å²) in [7, 11) is 1.81. The van der Waals surface area contributed by atoms with Gasteiger partial charge in [-0.3, -0.25) is 9.69 Å². The van der Waals surface area contributed by atoms with E-state index in [-0.39, 0.29) is 11.8 Å². The molecule has 0 N–H and O–H groups in total. The first-order valence-corrected chi connectivity index (χ1v) is 10.4. The topological polar surface area (TPSA) is 62.5 Å². The molecule has 1 aliphatic heterocycles. The summed E-state index contributed by atoms with van der Waals surface area (Å²) in [4.78, 5) is 22.3. The molecule has 0 atom stereocenters. The molecule has 3 aromatic rings. The lowest BCUT2D eigenvalue weighted by Crippen LogP contribution is -2.40. The van der Waals surface area contributed by atoms with E-state index in [0.717, 1.165) is 37.4 Å². The molecule has 0 radical (unpaired) electrons. The van der Waals surface area contributed by atoms with Gasteiger partial charge in [-0.2, -0.15) is 4.98 Å². The summed E-state index contributed by atoms with van der Waals surface area (Å²) in [6.07, 6.45) is 1.78. The average molecular weight is 397 g/mol. The Morgan fingerprint density at radius 3 is 2.71 bits per heavy atom. The van der Waals surface area contributed by atoms with Crippen LogP contribution in [0.25, 0.3) is 10.7 Å². The molecule has 0 unspecified atom stereocenters. The molecule has 7 heteroatoms. The van der Waals surface area contributed by atoms with Crippen molar-refractivity contribution in [2.75, 3.05) is 20.1 Å². The van der Waals surface area contributed by atoms with Crippen LogP contribution < -0.4 is 0 Å². The monoisotopic (exact) mass is 396 g/mol. The van der Waals surface area contributed by atoms with Crippen molar-refractivity contribution in [3.8, 4) is 10.7 Å². The van der Waals surface area contributed by atoms with E-state index in [1.807, 2.05) is 30.6 Å². The van der Waals surface area contributed by atoms with Gasteiger partial charge in [-0.25, -0.2) is 0 Å². The highest BCUT2D eigenvalue weighted by Gasteiger charge is 2.28. The van der Waals surface area contributed by atoms with E-state index >= 15 is 0 Å². The van der Waals surface area contributed by atoms with E-state index in [2.05, 4.69) is 39.3 Å². The Balaban J connectivity index is 1.28. The van der Waals surface area contributed by atoms with Crippen molar-refractivity contribution >= 4 is 17.2 Å². The Kier molecular flexibility index (Phi) is 5.83. The fourth-order valence-electron chi connectivity index (χ4n) is 3.60. The standard InChI is InChI=1S/C21H24N4O2S/c1-24(15-19-22-20(23-27-19)18-8-5-13-28-18)21(26)17-9-11-25(12-10-17)14-16-6-3-2-4-7-16/h2-8,13,17H,9-12,14-15H2,1H3. The van der Waals surface area contributed by atoms with Crippen LogP contribution in [0.1, 0.15) is 24.3 Å². The molecule has 2 aromatic heterocycles. The van der Waals surface area contributed by atoms with E-state index in [4.69, 9.17) is 4.52 Å². The molecule has 0 bridgehead atoms. The van der Waals surface area contributed by atoms with Crippen molar-refractivity contribution in [3.63, 3.8) is 0 Å².